The Bertz CT molecular complexity index is 974. The van der Waals surface area contributed by atoms with Gasteiger partial charge in [-0.05, 0) is 47.5 Å². The van der Waals surface area contributed by atoms with Gasteiger partial charge in [-0.1, -0.05) is 23.7 Å². The third-order valence-electron chi connectivity index (χ3n) is 3.87. The Kier molecular flexibility index (Phi) is 4.99. The molecule has 1 atom stereocenters. The van der Waals surface area contributed by atoms with E-state index in [1.807, 2.05) is 18.2 Å². The van der Waals surface area contributed by atoms with E-state index < -0.39 is 10.3 Å². The maximum absolute atomic E-state index is 12.0. The molecule has 2 N–H and O–H groups in total. The molecule has 7 nitrogen and oxygen atoms in total. The molecule has 1 unspecified atom stereocenters. The minimum atomic E-state index is -4.07. The zero-order valence-electron chi connectivity index (χ0n) is 13.8. The Balaban J connectivity index is 1.87. The van der Waals surface area contributed by atoms with E-state index in [2.05, 4.69) is 9.28 Å². The molecule has 1 heterocycles. The molecule has 0 saturated heterocycles. The van der Waals surface area contributed by atoms with Gasteiger partial charge in [0.15, 0.2) is 0 Å². The van der Waals surface area contributed by atoms with Crippen molar-refractivity contribution in [3.63, 3.8) is 0 Å². The molecule has 0 radical (unpaired) electrons. The fraction of sp³-hybridized carbons (Fsp3) is 0.176. The standard InChI is InChI=1S/C17H16ClN3O4S/c1-11(22)21-17(13-3-2-4-14(18)9-13)10-16(20-21)12-5-7-15(8-6-12)25-26(19,23)24/h2-9,17H,10H2,1H3,(H2,19,23,24). The van der Waals surface area contributed by atoms with Crippen molar-refractivity contribution in [2.45, 2.75) is 19.4 Å². The van der Waals surface area contributed by atoms with Crippen LogP contribution in [0.2, 0.25) is 5.02 Å². The van der Waals surface area contributed by atoms with Crippen molar-refractivity contribution in [3.05, 3.63) is 64.7 Å². The third kappa shape index (κ3) is 4.21. The second-order valence-electron chi connectivity index (χ2n) is 5.79. The Morgan fingerprint density at radius 1 is 1.27 bits per heavy atom. The Hall–Kier alpha value is -2.42. The number of nitrogens with two attached hydrogens (primary N) is 1. The molecule has 26 heavy (non-hydrogen) atoms. The Labute approximate surface area is 156 Å². The van der Waals surface area contributed by atoms with Gasteiger partial charge in [0.2, 0.25) is 5.91 Å². The average molecular weight is 394 g/mol. The summed E-state index contributed by atoms with van der Waals surface area (Å²) in [6.07, 6.45) is 0.509. The summed E-state index contributed by atoms with van der Waals surface area (Å²) in [5.74, 6) is -0.0798. The minimum absolute atomic E-state index is 0.102. The molecule has 0 saturated carbocycles. The first-order valence-electron chi connectivity index (χ1n) is 7.68. The lowest BCUT2D eigenvalue weighted by Gasteiger charge is -2.20. The number of carbonyl (C=O) groups excluding carboxylic acids is 1. The van der Waals surface area contributed by atoms with E-state index in [-0.39, 0.29) is 17.7 Å². The maximum atomic E-state index is 12.0. The van der Waals surface area contributed by atoms with Crippen LogP contribution in [-0.4, -0.2) is 25.0 Å². The highest BCUT2D eigenvalue weighted by atomic mass is 35.5. The molecule has 0 bridgehead atoms. The van der Waals surface area contributed by atoms with Crippen molar-refractivity contribution in [3.8, 4) is 5.75 Å². The molecule has 9 heteroatoms. The van der Waals surface area contributed by atoms with Gasteiger partial charge >= 0.3 is 10.3 Å². The Morgan fingerprint density at radius 3 is 2.54 bits per heavy atom. The summed E-state index contributed by atoms with van der Waals surface area (Å²) < 4.78 is 26.5. The van der Waals surface area contributed by atoms with E-state index in [1.54, 1.807) is 18.2 Å². The first-order valence-corrected chi connectivity index (χ1v) is 9.53. The van der Waals surface area contributed by atoms with E-state index in [4.69, 9.17) is 16.7 Å². The van der Waals surface area contributed by atoms with Gasteiger partial charge < -0.3 is 4.18 Å². The maximum Gasteiger partial charge on any atom is 0.380 e. The van der Waals surface area contributed by atoms with Gasteiger partial charge in [0, 0.05) is 18.4 Å². The number of hydrazone groups is 1. The molecule has 1 amide bonds. The molecule has 0 aliphatic carbocycles. The van der Waals surface area contributed by atoms with Crippen molar-refractivity contribution < 1.29 is 17.4 Å². The largest absolute Gasteiger partial charge is 0.380 e. The summed E-state index contributed by atoms with van der Waals surface area (Å²) in [6, 6.07) is 13.3. The number of carbonyl (C=O) groups is 1. The molecule has 2 aromatic rings. The number of nitrogens with zero attached hydrogens (tertiary/aromatic N) is 2. The lowest BCUT2D eigenvalue weighted by Crippen LogP contribution is -2.24. The van der Waals surface area contributed by atoms with Gasteiger partial charge in [-0.15, -0.1) is 0 Å². The summed E-state index contributed by atoms with van der Waals surface area (Å²) in [5.41, 5.74) is 2.34. The number of amides is 1. The summed E-state index contributed by atoms with van der Waals surface area (Å²) in [7, 11) is -4.07. The van der Waals surface area contributed by atoms with Crippen LogP contribution in [0.25, 0.3) is 0 Å². The molecule has 3 rings (SSSR count). The van der Waals surface area contributed by atoms with Gasteiger partial charge in [-0.25, -0.2) is 5.01 Å². The highest BCUT2D eigenvalue weighted by Gasteiger charge is 2.31. The van der Waals surface area contributed by atoms with Gasteiger partial charge in [0.1, 0.15) is 5.75 Å². The quantitative estimate of drug-likeness (QED) is 0.862. The Morgan fingerprint density at radius 2 is 1.96 bits per heavy atom. The summed E-state index contributed by atoms with van der Waals surface area (Å²) >= 11 is 6.06. The van der Waals surface area contributed by atoms with Crippen LogP contribution in [0.5, 0.6) is 5.75 Å². The molecular formula is C17H16ClN3O4S. The first-order chi connectivity index (χ1) is 12.2. The predicted molar refractivity (Wildman–Crippen MR) is 98.0 cm³/mol. The van der Waals surface area contributed by atoms with Crippen LogP contribution in [0, 0.1) is 0 Å². The van der Waals surface area contributed by atoms with Crippen LogP contribution in [0.1, 0.15) is 30.5 Å². The molecule has 1 aliphatic heterocycles. The van der Waals surface area contributed by atoms with Gasteiger partial charge in [-0.2, -0.15) is 18.7 Å². The number of hydrogen-bond acceptors (Lipinski definition) is 5. The fourth-order valence-electron chi connectivity index (χ4n) is 2.79. The molecule has 1 aliphatic rings. The van der Waals surface area contributed by atoms with Crippen LogP contribution in [-0.2, 0) is 15.1 Å². The topological polar surface area (TPSA) is 102 Å². The van der Waals surface area contributed by atoms with Crippen LogP contribution in [0.3, 0.4) is 0 Å². The van der Waals surface area contributed by atoms with E-state index in [9.17, 15) is 13.2 Å². The zero-order valence-corrected chi connectivity index (χ0v) is 15.4. The van der Waals surface area contributed by atoms with Crippen molar-refractivity contribution in [2.24, 2.45) is 10.2 Å². The summed E-state index contributed by atoms with van der Waals surface area (Å²) in [4.78, 5) is 12.0. The second-order valence-corrected chi connectivity index (χ2v) is 7.37. The number of benzene rings is 2. The minimum Gasteiger partial charge on any atom is -0.371 e. The van der Waals surface area contributed by atoms with Crippen LogP contribution in [0.15, 0.2) is 53.6 Å². The van der Waals surface area contributed by atoms with Crippen molar-refractivity contribution in [1.29, 1.82) is 0 Å². The fourth-order valence-corrected chi connectivity index (χ4v) is 3.36. The third-order valence-corrected chi connectivity index (χ3v) is 4.53. The van der Waals surface area contributed by atoms with Gasteiger partial charge in [0.05, 0.1) is 11.8 Å². The number of rotatable bonds is 4. The first kappa shape index (κ1) is 18.4. The second kappa shape index (κ2) is 7.06. The predicted octanol–water partition coefficient (Wildman–Crippen LogP) is 2.62. The number of halogens is 1. The molecule has 0 fully saturated rings. The lowest BCUT2D eigenvalue weighted by molar-refractivity contribution is -0.130. The van der Waals surface area contributed by atoms with Crippen LogP contribution >= 0.6 is 11.6 Å². The monoisotopic (exact) mass is 393 g/mol. The van der Waals surface area contributed by atoms with Crippen molar-refractivity contribution in [1.82, 2.24) is 5.01 Å². The SMILES string of the molecule is CC(=O)N1N=C(c2ccc(OS(N)(=O)=O)cc2)CC1c1cccc(Cl)c1. The zero-order chi connectivity index (χ0) is 18.9. The molecule has 0 spiro atoms. The van der Waals surface area contributed by atoms with Crippen molar-refractivity contribution in [2.75, 3.05) is 0 Å². The van der Waals surface area contributed by atoms with Gasteiger partial charge in [-0.3, -0.25) is 4.79 Å². The van der Waals surface area contributed by atoms with Gasteiger partial charge in [0.25, 0.3) is 0 Å². The van der Waals surface area contributed by atoms with Crippen LogP contribution < -0.4 is 9.32 Å². The smallest absolute Gasteiger partial charge is 0.371 e. The molecule has 136 valence electrons. The van der Waals surface area contributed by atoms with Crippen molar-refractivity contribution >= 4 is 33.5 Å². The van der Waals surface area contributed by atoms with E-state index in [0.29, 0.717) is 17.2 Å². The van der Waals surface area contributed by atoms with E-state index in [1.165, 1.54) is 24.1 Å². The highest BCUT2D eigenvalue weighted by molar-refractivity contribution is 7.84. The number of hydrogen-bond donors (Lipinski definition) is 1. The average Bonchev–Trinajstić information content (AvgIpc) is 2.99. The summed E-state index contributed by atoms with van der Waals surface area (Å²) in [5, 5.41) is 11.3. The highest BCUT2D eigenvalue weighted by Crippen LogP contribution is 2.34. The van der Waals surface area contributed by atoms with E-state index in [0.717, 1.165) is 11.1 Å². The molecular weight excluding hydrogens is 378 g/mol. The lowest BCUT2D eigenvalue weighted by atomic mass is 9.98. The van der Waals surface area contributed by atoms with Crippen LogP contribution in [0.4, 0.5) is 0 Å². The molecule has 0 aromatic heterocycles. The summed E-state index contributed by atoms with van der Waals surface area (Å²) in [6.45, 7) is 1.45. The normalized spacial score (nSPS) is 17.1. The van der Waals surface area contributed by atoms with E-state index >= 15 is 0 Å². The molecule has 2 aromatic carbocycles.